The van der Waals surface area contributed by atoms with Crippen LogP contribution in [0.1, 0.15) is 29.9 Å². The Morgan fingerprint density at radius 1 is 1.15 bits per heavy atom. The van der Waals surface area contributed by atoms with Crippen molar-refractivity contribution in [1.29, 1.82) is 0 Å². The lowest BCUT2D eigenvalue weighted by Gasteiger charge is -2.16. The fraction of sp³-hybridized carbons (Fsp3) is 0.467. The number of ether oxygens (including phenoxy) is 2. The van der Waals surface area contributed by atoms with Crippen LogP contribution in [0.5, 0.6) is 11.5 Å². The average Bonchev–Trinajstić information content (AvgIpc) is 2.90. The molecule has 0 fully saturated rings. The van der Waals surface area contributed by atoms with Crippen molar-refractivity contribution in [3.8, 4) is 11.5 Å². The Kier molecular flexibility index (Phi) is 3.58. The number of nitrogens with zero attached hydrogens (tertiary/aromatic N) is 3. The molecular weight excluding hydrogens is 254 g/mol. The molecule has 0 saturated heterocycles. The van der Waals surface area contributed by atoms with Gasteiger partial charge in [0.05, 0.1) is 32.8 Å². The molecule has 20 heavy (non-hydrogen) atoms. The molecule has 5 heteroatoms. The van der Waals surface area contributed by atoms with Crippen molar-refractivity contribution in [2.45, 2.75) is 32.2 Å². The van der Waals surface area contributed by atoms with E-state index in [9.17, 15) is 0 Å². The minimum atomic E-state index is 0.669. The van der Waals surface area contributed by atoms with Crippen LogP contribution in [0.15, 0.2) is 18.6 Å². The predicted molar refractivity (Wildman–Crippen MR) is 75.3 cm³/mol. The van der Waals surface area contributed by atoms with E-state index < -0.39 is 0 Å². The molecule has 0 unspecified atom stereocenters. The third-order valence-corrected chi connectivity index (χ3v) is 3.80. The van der Waals surface area contributed by atoms with Gasteiger partial charge < -0.3 is 14.0 Å². The van der Waals surface area contributed by atoms with Gasteiger partial charge in [-0.2, -0.15) is 0 Å². The molecule has 0 spiro atoms. The second-order valence-electron chi connectivity index (χ2n) is 4.97. The van der Waals surface area contributed by atoms with Gasteiger partial charge in [-0.3, -0.25) is 4.98 Å². The molecule has 1 aliphatic rings. The molecule has 0 radical (unpaired) electrons. The van der Waals surface area contributed by atoms with E-state index in [2.05, 4.69) is 14.5 Å². The van der Waals surface area contributed by atoms with Crippen LogP contribution >= 0.6 is 0 Å². The van der Waals surface area contributed by atoms with Crippen LogP contribution in [0.2, 0.25) is 0 Å². The van der Waals surface area contributed by atoms with E-state index >= 15 is 0 Å². The maximum atomic E-state index is 5.44. The number of methoxy groups -OCH3 is 2. The molecule has 0 atom stereocenters. The maximum Gasteiger partial charge on any atom is 0.184 e. The summed E-state index contributed by atoms with van der Waals surface area (Å²) in [6.45, 7) is 0.669. The third kappa shape index (κ3) is 2.24. The molecule has 2 aromatic heterocycles. The smallest absolute Gasteiger partial charge is 0.184 e. The van der Waals surface area contributed by atoms with Crippen molar-refractivity contribution < 1.29 is 9.47 Å². The van der Waals surface area contributed by atoms with Crippen molar-refractivity contribution in [2.75, 3.05) is 14.2 Å². The molecule has 0 amide bonds. The Balaban J connectivity index is 1.93. The van der Waals surface area contributed by atoms with Gasteiger partial charge >= 0.3 is 0 Å². The molecule has 2 aromatic rings. The zero-order chi connectivity index (χ0) is 13.9. The van der Waals surface area contributed by atoms with Gasteiger partial charge in [0.15, 0.2) is 11.5 Å². The monoisotopic (exact) mass is 273 g/mol. The lowest BCUT2D eigenvalue weighted by molar-refractivity contribution is 0.348. The fourth-order valence-corrected chi connectivity index (χ4v) is 2.79. The van der Waals surface area contributed by atoms with Crippen LogP contribution in [0.4, 0.5) is 0 Å². The summed E-state index contributed by atoms with van der Waals surface area (Å²) in [6, 6.07) is 1.81. The van der Waals surface area contributed by atoms with Gasteiger partial charge in [0.1, 0.15) is 5.69 Å². The van der Waals surface area contributed by atoms with Crippen molar-refractivity contribution in [3.63, 3.8) is 0 Å². The number of imidazole rings is 1. The van der Waals surface area contributed by atoms with Gasteiger partial charge in [-0.1, -0.05) is 0 Å². The largest absolute Gasteiger partial charge is 0.493 e. The molecule has 3 rings (SSSR count). The molecule has 0 saturated carbocycles. The van der Waals surface area contributed by atoms with Gasteiger partial charge in [0.2, 0.25) is 0 Å². The van der Waals surface area contributed by atoms with Gasteiger partial charge in [-0.25, -0.2) is 4.98 Å². The van der Waals surface area contributed by atoms with Crippen molar-refractivity contribution >= 4 is 0 Å². The third-order valence-electron chi connectivity index (χ3n) is 3.80. The van der Waals surface area contributed by atoms with Gasteiger partial charge in [-0.05, 0) is 25.7 Å². The highest BCUT2D eigenvalue weighted by Gasteiger charge is 2.17. The molecule has 0 N–H and O–H groups in total. The number of aryl methyl sites for hydroxylation is 1. The summed E-state index contributed by atoms with van der Waals surface area (Å²) in [5.41, 5.74) is 3.44. The molecule has 2 heterocycles. The molecule has 5 nitrogen and oxygen atoms in total. The number of hydrogen-bond acceptors (Lipinski definition) is 4. The summed E-state index contributed by atoms with van der Waals surface area (Å²) < 4.78 is 12.9. The van der Waals surface area contributed by atoms with Gasteiger partial charge in [0.25, 0.3) is 0 Å². The summed E-state index contributed by atoms with van der Waals surface area (Å²) in [4.78, 5) is 8.94. The summed E-state index contributed by atoms with van der Waals surface area (Å²) in [6.07, 6.45) is 8.33. The van der Waals surface area contributed by atoms with E-state index in [1.54, 1.807) is 20.4 Å². The number of pyridine rings is 1. The van der Waals surface area contributed by atoms with Crippen LogP contribution in [-0.4, -0.2) is 28.8 Å². The number of rotatable bonds is 4. The van der Waals surface area contributed by atoms with E-state index in [4.69, 9.17) is 9.47 Å². The second-order valence-corrected chi connectivity index (χ2v) is 4.97. The number of aromatic nitrogens is 3. The average molecular weight is 273 g/mol. The fourth-order valence-electron chi connectivity index (χ4n) is 2.79. The van der Waals surface area contributed by atoms with Gasteiger partial charge in [0, 0.05) is 18.0 Å². The first kappa shape index (κ1) is 13.0. The van der Waals surface area contributed by atoms with Crippen LogP contribution in [0.3, 0.4) is 0 Å². The van der Waals surface area contributed by atoms with E-state index in [1.165, 1.54) is 24.2 Å². The minimum Gasteiger partial charge on any atom is -0.493 e. The minimum absolute atomic E-state index is 0.669. The highest BCUT2D eigenvalue weighted by Crippen LogP contribution is 2.30. The van der Waals surface area contributed by atoms with E-state index in [1.807, 2.05) is 12.4 Å². The Morgan fingerprint density at radius 3 is 2.80 bits per heavy atom. The number of hydrogen-bond donors (Lipinski definition) is 0. The summed E-state index contributed by atoms with van der Waals surface area (Å²) in [5, 5.41) is 0. The zero-order valence-corrected chi connectivity index (χ0v) is 11.9. The maximum absolute atomic E-state index is 5.44. The first-order chi connectivity index (χ1) is 9.83. The number of fused-ring (bicyclic) bond motifs is 1. The summed E-state index contributed by atoms with van der Waals surface area (Å²) in [7, 11) is 3.28. The van der Waals surface area contributed by atoms with Crippen molar-refractivity contribution in [2.24, 2.45) is 0 Å². The Hall–Kier alpha value is -2.04. The SMILES string of the molecule is COc1ccnc(Cn2cnc3c2CCCC3)c1OC. The lowest BCUT2D eigenvalue weighted by atomic mass is 10.0. The molecule has 0 aromatic carbocycles. The Labute approximate surface area is 118 Å². The normalized spacial score (nSPS) is 13.9. The highest BCUT2D eigenvalue weighted by molar-refractivity contribution is 5.42. The summed E-state index contributed by atoms with van der Waals surface area (Å²) in [5.74, 6) is 1.42. The van der Waals surface area contributed by atoms with Crippen LogP contribution < -0.4 is 9.47 Å². The topological polar surface area (TPSA) is 49.2 Å². The molecule has 0 bridgehead atoms. The van der Waals surface area contributed by atoms with Crippen LogP contribution in [0.25, 0.3) is 0 Å². The second kappa shape index (κ2) is 5.53. The molecule has 1 aliphatic carbocycles. The first-order valence-electron chi connectivity index (χ1n) is 6.92. The van der Waals surface area contributed by atoms with Crippen molar-refractivity contribution in [3.05, 3.63) is 35.7 Å². The Bertz CT molecular complexity index is 607. The Morgan fingerprint density at radius 2 is 2.00 bits per heavy atom. The van der Waals surface area contributed by atoms with Gasteiger partial charge in [-0.15, -0.1) is 0 Å². The molecular formula is C15H19N3O2. The predicted octanol–water partition coefficient (Wildman–Crippen LogP) is 2.22. The highest BCUT2D eigenvalue weighted by atomic mass is 16.5. The van der Waals surface area contributed by atoms with E-state index in [0.717, 1.165) is 18.5 Å². The standard InChI is InChI=1S/C15H19N3O2/c1-19-14-7-8-16-12(15(14)20-2)9-18-10-17-11-5-3-4-6-13(11)18/h7-8,10H,3-6,9H2,1-2H3. The summed E-state index contributed by atoms with van der Waals surface area (Å²) >= 11 is 0. The van der Waals surface area contributed by atoms with Crippen molar-refractivity contribution in [1.82, 2.24) is 14.5 Å². The quantitative estimate of drug-likeness (QED) is 0.857. The first-order valence-corrected chi connectivity index (χ1v) is 6.92. The van der Waals surface area contributed by atoms with E-state index in [0.29, 0.717) is 18.0 Å². The zero-order valence-electron chi connectivity index (χ0n) is 11.9. The molecule has 0 aliphatic heterocycles. The van der Waals surface area contributed by atoms with E-state index in [-0.39, 0.29) is 0 Å². The lowest BCUT2D eigenvalue weighted by Crippen LogP contribution is -2.10. The molecule has 106 valence electrons. The van der Waals surface area contributed by atoms with Crippen LogP contribution in [-0.2, 0) is 19.4 Å². The van der Waals surface area contributed by atoms with Crippen LogP contribution in [0, 0.1) is 0 Å².